The Morgan fingerprint density at radius 3 is 2.73 bits per heavy atom. The van der Waals surface area contributed by atoms with Crippen LogP contribution in [0.2, 0.25) is 0 Å². The van der Waals surface area contributed by atoms with Crippen molar-refractivity contribution in [1.82, 2.24) is 9.88 Å². The van der Waals surface area contributed by atoms with Gasteiger partial charge in [-0.25, -0.2) is 9.37 Å². The van der Waals surface area contributed by atoms with E-state index in [2.05, 4.69) is 4.98 Å². The highest BCUT2D eigenvalue weighted by molar-refractivity contribution is 7.98. The molecule has 0 aliphatic carbocycles. The minimum Gasteiger partial charge on any atom is -0.308 e. The van der Waals surface area contributed by atoms with Crippen molar-refractivity contribution in [2.45, 2.75) is 4.90 Å². The molecule has 0 fully saturated rings. The second-order valence-corrected chi connectivity index (χ2v) is 7.99. The molecule has 26 heavy (non-hydrogen) atoms. The zero-order valence-corrected chi connectivity index (χ0v) is 16.5. The fourth-order valence-electron chi connectivity index (χ4n) is 2.50. The maximum absolute atomic E-state index is 13.5. The molecule has 0 atom stereocenters. The number of hydrogen-bond donors (Lipinski definition) is 0. The molecule has 0 bridgehead atoms. The Hall–Kier alpha value is -1.96. The third kappa shape index (κ3) is 4.23. The first-order valence-corrected chi connectivity index (χ1v) is 10.2. The standard InChI is InChI=1S/C19H20FN3OS2/c1-22(2)9-10-23(18(24)13-5-4-6-15(11-13)25-3)19-21-16-8-7-14(20)12-17(16)26-19/h4-8,11-12H,9-10H2,1-3H3. The highest BCUT2D eigenvalue weighted by Crippen LogP contribution is 2.30. The molecule has 3 aromatic rings. The number of aromatic nitrogens is 1. The molecule has 0 aliphatic heterocycles. The summed E-state index contributed by atoms with van der Waals surface area (Å²) in [5, 5.41) is 0.590. The average Bonchev–Trinajstić information content (AvgIpc) is 3.04. The van der Waals surface area contributed by atoms with Crippen molar-refractivity contribution in [2.75, 3.05) is 38.3 Å². The van der Waals surface area contributed by atoms with E-state index in [0.29, 0.717) is 29.3 Å². The van der Waals surface area contributed by atoms with Gasteiger partial charge in [-0.05, 0) is 56.7 Å². The van der Waals surface area contributed by atoms with Crippen LogP contribution < -0.4 is 4.90 Å². The maximum atomic E-state index is 13.5. The van der Waals surface area contributed by atoms with E-state index in [1.165, 1.54) is 23.5 Å². The fraction of sp³-hybridized carbons (Fsp3) is 0.263. The van der Waals surface area contributed by atoms with Gasteiger partial charge in [-0.2, -0.15) is 0 Å². The Labute approximate surface area is 160 Å². The summed E-state index contributed by atoms with van der Waals surface area (Å²) in [5.41, 5.74) is 1.33. The lowest BCUT2D eigenvalue weighted by atomic mass is 10.2. The summed E-state index contributed by atoms with van der Waals surface area (Å²) in [6, 6.07) is 12.1. The van der Waals surface area contributed by atoms with Gasteiger partial charge in [-0.3, -0.25) is 9.69 Å². The van der Waals surface area contributed by atoms with Crippen LogP contribution in [0.15, 0.2) is 47.4 Å². The van der Waals surface area contributed by atoms with Gasteiger partial charge in [0.05, 0.1) is 10.2 Å². The summed E-state index contributed by atoms with van der Waals surface area (Å²) >= 11 is 2.93. The molecular weight excluding hydrogens is 369 g/mol. The number of halogens is 1. The van der Waals surface area contributed by atoms with Crippen molar-refractivity contribution in [1.29, 1.82) is 0 Å². The number of thiazole rings is 1. The molecule has 0 aliphatic rings. The Kier molecular flexibility index (Phi) is 5.90. The van der Waals surface area contributed by atoms with Crippen molar-refractivity contribution < 1.29 is 9.18 Å². The zero-order chi connectivity index (χ0) is 18.7. The predicted octanol–water partition coefficient (Wildman–Crippen LogP) is 4.37. The second kappa shape index (κ2) is 8.16. The number of carbonyl (C=O) groups is 1. The number of thioether (sulfide) groups is 1. The van der Waals surface area contributed by atoms with Crippen LogP contribution in [0.25, 0.3) is 10.2 Å². The Balaban J connectivity index is 1.98. The molecule has 0 saturated carbocycles. The lowest BCUT2D eigenvalue weighted by Gasteiger charge is -2.22. The first kappa shape index (κ1) is 18.8. The monoisotopic (exact) mass is 389 g/mol. The van der Waals surface area contributed by atoms with Crippen molar-refractivity contribution in [3.8, 4) is 0 Å². The predicted molar refractivity (Wildman–Crippen MR) is 108 cm³/mol. The molecule has 0 radical (unpaired) electrons. The van der Waals surface area contributed by atoms with Gasteiger partial charge in [-0.15, -0.1) is 11.8 Å². The number of benzene rings is 2. The quantitative estimate of drug-likeness (QED) is 0.587. The van der Waals surface area contributed by atoms with Crippen LogP contribution in [0.1, 0.15) is 10.4 Å². The van der Waals surface area contributed by atoms with Crippen LogP contribution in [0, 0.1) is 5.82 Å². The Bertz CT molecular complexity index is 926. The van der Waals surface area contributed by atoms with Crippen molar-refractivity contribution in [3.05, 3.63) is 53.8 Å². The lowest BCUT2D eigenvalue weighted by molar-refractivity contribution is 0.0985. The summed E-state index contributed by atoms with van der Waals surface area (Å²) in [6.45, 7) is 1.22. The van der Waals surface area contributed by atoms with Crippen LogP contribution >= 0.6 is 23.1 Å². The van der Waals surface area contributed by atoms with Gasteiger partial charge in [-0.1, -0.05) is 17.4 Å². The van der Waals surface area contributed by atoms with Gasteiger partial charge in [0.25, 0.3) is 5.91 Å². The van der Waals surface area contributed by atoms with E-state index in [1.807, 2.05) is 49.5 Å². The molecule has 0 spiro atoms. The van der Waals surface area contributed by atoms with E-state index in [9.17, 15) is 9.18 Å². The van der Waals surface area contributed by atoms with E-state index < -0.39 is 0 Å². The first-order valence-electron chi connectivity index (χ1n) is 8.14. The summed E-state index contributed by atoms with van der Waals surface area (Å²) < 4.78 is 14.2. The molecule has 4 nitrogen and oxygen atoms in total. The number of carbonyl (C=O) groups excluding carboxylic acids is 1. The number of anilines is 1. The largest absolute Gasteiger partial charge is 0.308 e. The number of hydrogen-bond acceptors (Lipinski definition) is 5. The molecule has 2 aromatic carbocycles. The molecule has 0 unspecified atom stereocenters. The summed E-state index contributed by atoms with van der Waals surface area (Å²) in [4.78, 5) is 22.5. The Morgan fingerprint density at radius 2 is 2.00 bits per heavy atom. The third-order valence-corrected chi connectivity index (χ3v) is 5.67. The second-order valence-electron chi connectivity index (χ2n) is 6.10. The maximum Gasteiger partial charge on any atom is 0.260 e. The van der Waals surface area contributed by atoms with E-state index in [4.69, 9.17) is 0 Å². The van der Waals surface area contributed by atoms with Crippen LogP contribution in [0.4, 0.5) is 9.52 Å². The highest BCUT2D eigenvalue weighted by atomic mass is 32.2. The number of rotatable bonds is 6. The zero-order valence-electron chi connectivity index (χ0n) is 14.9. The van der Waals surface area contributed by atoms with Gasteiger partial charge in [0.15, 0.2) is 5.13 Å². The normalized spacial score (nSPS) is 11.3. The molecule has 1 heterocycles. The molecule has 1 aromatic heterocycles. The number of amides is 1. The first-order chi connectivity index (χ1) is 12.5. The minimum absolute atomic E-state index is 0.0951. The van der Waals surface area contributed by atoms with Crippen molar-refractivity contribution in [3.63, 3.8) is 0 Å². The SMILES string of the molecule is CSc1cccc(C(=O)N(CCN(C)C)c2nc3ccc(F)cc3s2)c1. The molecule has 136 valence electrons. The summed E-state index contributed by atoms with van der Waals surface area (Å²) in [7, 11) is 3.93. The summed E-state index contributed by atoms with van der Waals surface area (Å²) in [5.74, 6) is -0.395. The van der Waals surface area contributed by atoms with Gasteiger partial charge in [0.2, 0.25) is 0 Å². The lowest BCUT2D eigenvalue weighted by Crippen LogP contribution is -2.36. The Morgan fingerprint density at radius 1 is 1.19 bits per heavy atom. The van der Waals surface area contributed by atoms with Crippen LogP contribution in [-0.2, 0) is 0 Å². The van der Waals surface area contributed by atoms with E-state index in [-0.39, 0.29) is 11.7 Å². The van der Waals surface area contributed by atoms with E-state index >= 15 is 0 Å². The van der Waals surface area contributed by atoms with E-state index in [1.54, 1.807) is 22.7 Å². The van der Waals surface area contributed by atoms with Gasteiger partial charge in [0, 0.05) is 23.5 Å². The van der Waals surface area contributed by atoms with Crippen LogP contribution in [0.3, 0.4) is 0 Å². The topological polar surface area (TPSA) is 36.4 Å². The summed E-state index contributed by atoms with van der Waals surface area (Å²) in [6.07, 6.45) is 1.98. The van der Waals surface area contributed by atoms with Gasteiger partial charge >= 0.3 is 0 Å². The average molecular weight is 390 g/mol. The van der Waals surface area contributed by atoms with Crippen molar-refractivity contribution >= 4 is 44.4 Å². The van der Waals surface area contributed by atoms with Crippen molar-refractivity contribution in [2.24, 2.45) is 0 Å². The molecule has 0 N–H and O–H groups in total. The number of nitrogens with zero attached hydrogens (tertiary/aromatic N) is 3. The highest BCUT2D eigenvalue weighted by Gasteiger charge is 2.21. The molecule has 3 rings (SSSR count). The number of fused-ring (bicyclic) bond motifs is 1. The number of likely N-dealkylation sites (N-methyl/N-ethyl adjacent to an activating group) is 1. The van der Waals surface area contributed by atoms with Crippen LogP contribution in [-0.4, -0.2) is 49.2 Å². The fourth-order valence-corrected chi connectivity index (χ4v) is 3.97. The smallest absolute Gasteiger partial charge is 0.260 e. The third-order valence-electron chi connectivity index (χ3n) is 3.90. The van der Waals surface area contributed by atoms with E-state index in [0.717, 1.165) is 9.60 Å². The minimum atomic E-state index is -0.300. The molecule has 1 amide bonds. The molecular formula is C19H20FN3OS2. The van der Waals surface area contributed by atoms with Gasteiger partial charge < -0.3 is 4.90 Å². The van der Waals surface area contributed by atoms with Gasteiger partial charge in [0.1, 0.15) is 5.82 Å². The molecule has 7 heteroatoms. The van der Waals surface area contributed by atoms with Crippen LogP contribution in [0.5, 0.6) is 0 Å². The molecule has 0 saturated heterocycles.